The van der Waals surface area contributed by atoms with Crippen LogP contribution in [0.15, 0.2) is 42.5 Å². The zero-order chi connectivity index (χ0) is 19.5. The molecule has 6 nitrogen and oxygen atoms in total. The zero-order valence-corrected chi connectivity index (χ0v) is 15.8. The van der Waals surface area contributed by atoms with E-state index in [9.17, 15) is 9.59 Å². The van der Waals surface area contributed by atoms with Crippen molar-refractivity contribution in [3.8, 4) is 11.5 Å². The summed E-state index contributed by atoms with van der Waals surface area (Å²) in [4.78, 5) is 24.2. The number of ether oxygens (including phenoxy) is 2. The largest absolute Gasteiger partial charge is 0.486 e. The molecule has 1 heterocycles. The van der Waals surface area contributed by atoms with Crippen LogP contribution >= 0.6 is 11.6 Å². The highest BCUT2D eigenvalue weighted by molar-refractivity contribution is 6.34. The van der Waals surface area contributed by atoms with E-state index < -0.39 is 0 Å². The van der Waals surface area contributed by atoms with Crippen molar-refractivity contribution >= 4 is 35.2 Å². The van der Waals surface area contributed by atoms with Crippen molar-refractivity contribution in [1.29, 1.82) is 0 Å². The Morgan fingerprint density at radius 3 is 2.39 bits per heavy atom. The van der Waals surface area contributed by atoms with E-state index in [0.717, 1.165) is 18.4 Å². The number of carbonyl (C=O) groups is 2. The van der Waals surface area contributed by atoms with Crippen molar-refractivity contribution in [3.63, 3.8) is 0 Å². The van der Waals surface area contributed by atoms with Crippen molar-refractivity contribution in [2.75, 3.05) is 18.5 Å². The molecule has 2 amide bonds. The van der Waals surface area contributed by atoms with Gasteiger partial charge >= 0.3 is 0 Å². The first-order chi connectivity index (χ1) is 13.6. The Morgan fingerprint density at radius 2 is 1.71 bits per heavy atom. The van der Waals surface area contributed by atoms with Gasteiger partial charge in [0.1, 0.15) is 13.2 Å². The summed E-state index contributed by atoms with van der Waals surface area (Å²) in [5.41, 5.74) is 1.87. The lowest BCUT2D eigenvalue weighted by Crippen LogP contribution is -2.25. The van der Waals surface area contributed by atoms with Gasteiger partial charge in [-0.2, -0.15) is 0 Å². The van der Waals surface area contributed by atoms with Gasteiger partial charge in [0.25, 0.3) is 5.91 Å². The molecular weight excluding hydrogens is 380 g/mol. The van der Waals surface area contributed by atoms with Gasteiger partial charge in [0.05, 0.1) is 10.7 Å². The Labute approximate surface area is 167 Å². The average molecular weight is 399 g/mol. The van der Waals surface area contributed by atoms with Gasteiger partial charge in [-0.1, -0.05) is 23.7 Å². The van der Waals surface area contributed by atoms with Crippen molar-refractivity contribution < 1.29 is 19.1 Å². The third-order valence-corrected chi connectivity index (χ3v) is 4.72. The molecule has 28 heavy (non-hydrogen) atoms. The van der Waals surface area contributed by atoms with E-state index in [4.69, 9.17) is 21.1 Å². The molecule has 0 radical (unpaired) electrons. The maximum Gasteiger partial charge on any atom is 0.251 e. The normalized spacial score (nSPS) is 15.3. The van der Waals surface area contributed by atoms with Gasteiger partial charge in [-0.15, -0.1) is 0 Å². The molecule has 0 bridgehead atoms. The quantitative estimate of drug-likeness (QED) is 0.753. The summed E-state index contributed by atoms with van der Waals surface area (Å²) < 4.78 is 11.0. The maximum atomic E-state index is 12.2. The van der Waals surface area contributed by atoms with Gasteiger partial charge in [0.2, 0.25) is 5.91 Å². The first-order valence-electron chi connectivity index (χ1n) is 9.07. The standard InChI is InChI=1S/C21H19ClN2O4/c22-16-11-18-19(28-10-9-27-18)12-17(16)24-20(25)8-3-13-1-4-14(5-2-13)21(26)23-15-6-7-15/h1-5,8,11-12,15H,6-7,9-10H2,(H,23,26)(H,24,25)/b8-3+. The van der Waals surface area contributed by atoms with E-state index in [1.807, 2.05) is 0 Å². The van der Waals surface area contributed by atoms with Crippen LogP contribution in [0.1, 0.15) is 28.8 Å². The smallest absolute Gasteiger partial charge is 0.251 e. The highest BCUT2D eigenvalue weighted by Gasteiger charge is 2.23. The molecule has 1 fully saturated rings. The molecule has 144 valence electrons. The molecule has 2 aromatic carbocycles. The fourth-order valence-corrected chi connectivity index (χ4v) is 2.95. The number of nitrogens with one attached hydrogen (secondary N) is 2. The van der Waals surface area contributed by atoms with Gasteiger partial charge < -0.3 is 20.1 Å². The van der Waals surface area contributed by atoms with E-state index in [0.29, 0.717) is 47.0 Å². The monoisotopic (exact) mass is 398 g/mol. The van der Waals surface area contributed by atoms with Crippen LogP contribution in [0.4, 0.5) is 5.69 Å². The van der Waals surface area contributed by atoms with Crippen LogP contribution in [-0.2, 0) is 4.79 Å². The topological polar surface area (TPSA) is 76.7 Å². The molecule has 1 aliphatic carbocycles. The fourth-order valence-electron chi connectivity index (χ4n) is 2.75. The number of fused-ring (bicyclic) bond motifs is 1. The van der Waals surface area contributed by atoms with E-state index in [2.05, 4.69) is 10.6 Å². The molecule has 2 aliphatic rings. The second-order valence-corrected chi connectivity index (χ2v) is 7.08. The Balaban J connectivity index is 1.38. The number of carbonyl (C=O) groups excluding carboxylic acids is 2. The van der Waals surface area contributed by atoms with Gasteiger partial charge in [-0.25, -0.2) is 0 Å². The predicted molar refractivity (Wildman–Crippen MR) is 107 cm³/mol. The summed E-state index contributed by atoms with van der Waals surface area (Å²) in [7, 11) is 0. The molecule has 2 N–H and O–H groups in total. The highest BCUT2D eigenvalue weighted by atomic mass is 35.5. The van der Waals surface area contributed by atoms with Crippen LogP contribution in [0, 0.1) is 0 Å². The summed E-state index contributed by atoms with van der Waals surface area (Å²) in [6, 6.07) is 10.7. The Bertz CT molecular complexity index is 936. The van der Waals surface area contributed by atoms with Gasteiger partial charge in [-0.3, -0.25) is 9.59 Å². The minimum absolute atomic E-state index is 0.0657. The van der Waals surface area contributed by atoms with E-state index >= 15 is 0 Å². The molecule has 0 unspecified atom stereocenters. The van der Waals surface area contributed by atoms with Crippen LogP contribution in [0.5, 0.6) is 11.5 Å². The first kappa shape index (κ1) is 18.4. The number of hydrogen-bond donors (Lipinski definition) is 2. The number of amides is 2. The minimum atomic E-state index is -0.325. The maximum absolute atomic E-state index is 12.2. The SMILES string of the molecule is O=C(/C=C/c1ccc(C(=O)NC2CC2)cc1)Nc1cc2c(cc1Cl)OCCO2. The molecule has 0 atom stereocenters. The molecule has 2 aromatic rings. The van der Waals surface area contributed by atoms with Gasteiger partial charge in [0, 0.05) is 29.8 Å². The zero-order valence-electron chi connectivity index (χ0n) is 15.0. The molecule has 7 heteroatoms. The van der Waals surface area contributed by atoms with Crippen LogP contribution < -0.4 is 20.1 Å². The van der Waals surface area contributed by atoms with Crippen LogP contribution in [0.3, 0.4) is 0 Å². The van der Waals surface area contributed by atoms with Crippen LogP contribution in [-0.4, -0.2) is 31.1 Å². The molecular formula is C21H19ClN2O4. The van der Waals surface area contributed by atoms with Crippen LogP contribution in [0.25, 0.3) is 6.08 Å². The average Bonchev–Trinajstić information content (AvgIpc) is 3.51. The predicted octanol–water partition coefficient (Wildman–Crippen LogP) is 3.66. The number of rotatable bonds is 5. The van der Waals surface area contributed by atoms with Crippen molar-refractivity contribution in [2.24, 2.45) is 0 Å². The minimum Gasteiger partial charge on any atom is -0.486 e. The summed E-state index contributed by atoms with van der Waals surface area (Å²) in [6.45, 7) is 0.926. The first-order valence-corrected chi connectivity index (χ1v) is 9.45. The highest BCUT2D eigenvalue weighted by Crippen LogP contribution is 2.37. The van der Waals surface area contributed by atoms with Crippen molar-refractivity contribution in [1.82, 2.24) is 5.32 Å². The molecule has 0 spiro atoms. The number of halogens is 1. The lowest BCUT2D eigenvalue weighted by molar-refractivity contribution is -0.111. The molecule has 0 saturated heterocycles. The summed E-state index contributed by atoms with van der Waals surface area (Å²) in [6.07, 6.45) is 5.18. The molecule has 0 aromatic heterocycles. The molecule has 1 saturated carbocycles. The third kappa shape index (κ3) is 4.46. The summed E-state index contributed by atoms with van der Waals surface area (Å²) in [5, 5.41) is 6.04. The van der Waals surface area contributed by atoms with Crippen molar-refractivity contribution in [2.45, 2.75) is 18.9 Å². The Morgan fingerprint density at radius 1 is 1.04 bits per heavy atom. The van der Waals surface area contributed by atoms with Gasteiger partial charge in [0.15, 0.2) is 11.5 Å². The lowest BCUT2D eigenvalue weighted by Gasteiger charge is -2.19. The number of anilines is 1. The fraction of sp³-hybridized carbons (Fsp3) is 0.238. The third-order valence-electron chi connectivity index (χ3n) is 4.40. The Hall–Kier alpha value is -2.99. The summed E-state index contributed by atoms with van der Waals surface area (Å²) >= 11 is 6.20. The number of hydrogen-bond acceptors (Lipinski definition) is 4. The molecule has 1 aliphatic heterocycles. The lowest BCUT2D eigenvalue weighted by atomic mass is 10.1. The van der Waals surface area contributed by atoms with E-state index in [-0.39, 0.29) is 11.8 Å². The van der Waals surface area contributed by atoms with Crippen molar-refractivity contribution in [3.05, 3.63) is 58.6 Å². The Kier molecular flexibility index (Phi) is 5.21. The van der Waals surface area contributed by atoms with E-state index in [1.54, 1.807) is 42.5 Å². The molecule has 4 rings (SSSR count). The second-order valence-electron chi connectivity index (χ2n) is 6.67. The second kappa shape index (κ2) is 7.94. The number of benzene rings is 2. The summed E-state index contributed by atoms with van der Waals surface area (Å²) in [5.74, 6) is 0.726. The van der Waals surface area contributed by atoms with Crippen LogP contribution in [0.2, 0.25) is 5.02 Å². The van der Waals surface area contributed by atoms with E-state index in [1.165, 1.54) is 6.08 Å². The van der Waals surface area contributed by atoms with Gasteiger partial charge in [-0.05, 0) is 36.6 Å².